The Balaban J connectivity index is 1.20. The van der Waals surface area contributed by atoms with Crippen LogP contribution in [0.15, 0.2) is 85.3 Å². The van der Waals surface area contributed by atoms with Crippen LogP contribution in [-0.4, -0.2) is 57.4 Å². The van der Waals surface area contributed by atoms with Gasteiger partial charge < -0.3 is 24.7 Å². The summed E-state index contributed by atoms with van der Waals surface area (Å²) in [4.78, 5) is 37.1. The summed E-state index contributed by atoms with van der Waals surface area (Å²) < 4.78 is 7.28. The Morgan fingerprint density at radius 2 is 1.69 bits per heavy atom. The zero-order valence-corrected chi connectivity index (χ0v) is 26.1. The molecule has 5 aromatic rings. The number of nitrogens with zero attached hydrogens (tertiary/aromatic N) is 4. The highest BCUT2D eigenvalue weighted by Crippen LogP contribution is 2.29. The summed E-state index contributed by atoms with van der Waals surface area (Å²) in [5.41, 5.74) is 7.52. The number of hydrogen-bond acceptors (Lipinski definition) is 6. The number of morpholine rings is 1. The minimum Gasteiger partial charge on any atom is -0.378 e. The van der Waals surface area contributed by atoms with Gasteiger partial charge in [-0.25, -0.2) is 9.97 Å². The largest absolute Gasteiger partial charge is 0.378 e. The maximum absolute atomic E-state index is 13.2. The zero-order chi connectivity index (χ0) is 31.6. The number of fused-ring (bicyclic) bond motifs is 1. The first-order valence-electron chi connectivity index (χ1n) is 15.2. The fourth-order valence-corrected chi connectivity index (χ4v) is 5.33. The zero-order valence-electron chi connectivity index (χ0n) is 26.1. The Morgan fingerprint density at radius 3 is 2.40 bits per heavy atom. The van der Waals surface area contributed by atoms with Crippen molar-refractivity contribution in [3.05, 3.63) is 108 Å². The van der Waals surface area contributed by atoms with E-state index >= 15 is 0 Å². The molecule has 2 aromatic heterocycles. The number of amides is 2. The lowest BCUT2D eigenvalue weighted by atomic mass is 9.86. The number of carbonyl (C=O) groups is 2. The van der Waals surface area contributed by atoms with Gasteiger partial charge in [-0.1, -0.05) is 57.2 Å². The maximum atomic E-state index is 13.2. The van der Waals surface area contributed by atoms with Gasteiger partial charge in [0.25, 0.3) is 5.91 Å². The molecule has 2 N–H and O–H groups in total. The van der Waals surface area contributed by atoms with Gasteiger partial charge in [0.1, 0.15) is 0 Å². The first kappa shape index (κ1) is 30.0. The normalized spacial score (nSPS) is 13.6. The number of imidazole rings is 1. The van der Waals surface area contributed by atoms with Crippen molar-refractivity contribution in [2.24, 2.45) is 0 Å². The van der Waals surface area contributed by atoms with Crippen molar-refractivity contribution < 1.29 is 14.3 Å². The molecular formula is C36H38N6O3. The summed E-state index contributed by atoms with van der Waals surface area (Å²) in [6.07, 6.45) is 5.89. The van der Waals surface area contributed by atoms with Crippen molar-refractivity contribution in [1.82, 2.24) is 19.3 Å². The van der Waals surface area contributed by atoms with E-state index in [1.54, 1.807) is 6.20 Å². The standard InChI is InChI=1S/C36H38N6O3/c1-24-5-8-27(22-30(24)40-35(44)26-9-11-28(12-10-26)36(2,3)4)31-23-42-16-15-37-34(42)33(39-31)38-29-13-6-25(7-14-29)21-32(43)41-17-19-45-20-18-41/h5-16,22-23H,17-21H2,1-4H3,(H,38,39)(H,40,44). The molecule has 0 spiro atoms. The van der Waals surface area contributed by atoms with E-state index in [2.05, 4.69) is 36.4 Å². The number of aromatic nitrogens is 3. The average Bonchev–Trinajstić information content (AvgIpc) is 3.52. The van der Waals surface area contributed by atoms with Crippen molar-refractivity contribution in [2.75, 3.05) is 36.9 Å². The summed E-state index contributed by atoms with van der Waals surface area (Å²) >= 11 is 0. The van der Waals surface area contributed by atoms with Crippen LogP contribution in [0.5, 0.6) is 0 Å². The molecule has 0 aliphatic carbocycles. The SMILES string of the molecule is Cc1ccc(-c2cn3ccnc3c(Nc3ccc(CC(=O)N4CCOCC4)cc3)n2)cc1NC(=O)c1ccc(C(C)(C)C)cc1. The number of carbonyl (C=O) groups excluding carboxylic acids is 2. The second-order valence-electron chi connectivity index (χ2n) is 12.4. The minimum absolute atomic E-state index is 0.0178. The lowest BCUT2D eigenvalue weighted by Gasteiger charge is -2.26. The van der Waals surface area contributed by atoms with Crippen molar-refractivity contribution in [2.45, 2.75) is 39.5 Å². The van der Waals surface area contributed by atoms with Crippen molar-refractivity contribution in [3.8, 4) is 11.3 Å². The van der Waals surface area contributed by atoms with Gasteiger partial charge in [-0.3, -0.25) is 9.59 Å². The molecule has 3 heterocycles. The first-order chi connectivity index (χ1) is 21.6. The van der Waals surface area contributed by atoms with Crippen molar-refractivity contribution in [3.63, 3.8) is 0 Å². The summed E-state index contributed by atoms with van der Waals surface area (Å²) in [5, 5.41) is 6.49. The molecule has 1 saturated heterocycles. The minimum atomic E-state index is -0.161. The van der Waals surface area contributed by atoms with Crippen LogP contribution in [0.3, 0.4) is 0 Å². The van der Waals surface area contributed by atoms with E-state index in [9.17, 15) is 9.59 Å². The second-order valence-corrected chi connectivity index (χ2v) is 12.4. The highest BCUT2D eigenvalue weighted by molar-refractivity contribution is 6.05. The van der Waals surface area contributed by atoms with Gasteiger partial charge in [-0.15, -0.1) is 0 Å². The topological polar surface area (TPSA) is 101 Å². The number of benzene rings is 3. The van der Waals surface area contributed by atoms with Crippen LogP contribution in [0.4, 0.5) is 17.2 Å². The van der Waals surface area contributed by atoms with E-state index in [4.69, 9.17) is 9.72 Å². The van der Waals surface area contributed by atoms with Gasteiger partial charge in [-0.2, -0.15) is 0 Å². The van der Waals surface area contributed by atoms with E-state index in [0.717, 1.165) is 33.8 Å². The highest BCUT2D eigenvalue weighted by Gasteiger charge is 2.18. The maximum Gasteiger partial charge on any atom is 0.255 e. The molecule has 9 heteroatoms. The predicted molar refractivity (Wildman–Crippen MR) is 177 cm³/mol. The van der Waals surface area contributed by atoms with E-state index in [-0.39, 0.29) is 17.2 Å². The molecule has 1 aliphatic heterocycles. The number of anilines is 3. The third-order valence-corrected chi connectivity index (χ3v) is 8.10. The summed E-state index contributed by atoms with van der Waals surface area (Å²) in [7, 11) is 0. The summed E-state index contributed by atoms with van der Waals surface area (Å²) in [6, 6.07) is 21.5. The number of ether oxygens (including phenoxy) is 1. The highest BCUT2D eigenvalue weighted by atomic mass is 16.5. The van der Waals surface area contributed by atoms with Crippen LogP contribution < -0.4 is 10.6 Å². The predicted octanol–water partition coefficient (Wildman–Crippen LogP) is 6.40. The molecule has 6 rings (SSSR count). The monoisotopic (exact) mass is 602 g/mol. The van der Waals surface area contributed by atoms with E-state index in [1.807, 2.05) is 95.3 Å². The molecule has 1 fully saturated rings. The van der Waals surface area contributed by atoms with Gasteiger partial charge in [-0.05, 0) is 59.4 Å². The van der Waals surface area contributed by atoms with Crippen LogP contribution in [0.25, 0.3) is 16.9 Å². The van der Waals surface area contributed by atoms with Gasteiger partial charge >= 0.3 is 0 Å². The number of rotatable bonds is 7. The van der Waals surface area contributed by atoms with E-state index < -0.39 is 0 Å². The fourth-order valence-electron chi connectivity index (χ4n) is 5.33. The second kappa shape index (κ2) is 12.5. The first-order valence-corrected chi connectivity index (χ1v) is 15.2. The molecule has 0 radical (unpaired) electrons. The van der Waals surface area contributed by atoms with Crippen LogP contribution in [0, 0.1) is 6.92 Å². The number of aryl methyl sites for hydroxylation is 1. The molecule has 0 saturated carbocycles. The molecule has 230 valence electrons. The molecule has 0 bridgehead atoms. The van der Waals surface area contributed by atoms with Gasteiger partial charge in [0.05, 0.1) is 25.3 Å². The Morgan fingerprint density at radius 1 is 0.956 bits per heavy atom. The Bertz CT molecular complexity index is 1830. The van der Waals surface area contributed by atoms with E-state index in [0.29, 0.717) is 49.8 Å². The van der Waals surface area contributed by atoms with Crippen molar-refractivity contribution in [1.29, 1.82) is 0 Å². The molecule has 1 aliphatic rings. The van der Waals surface area contributed by atoms with Gasteiger partial charge in [0, 0.05) is 54.2 Å². The summed E-state index contributed by atoms with van der Waals surface area (Å²) in [5.74, 6) is 0.547. The molecule has 9 nitrogen and oxygen atoms in total. The van der Waals surface area contributed by atoms with Gasteiger partial charge in [0.15, 0.2) is 11.5 Å². The van der Waals surface area contributed by atoms with Crippen LogP contribution in [-0.2, 0) is 21.4 Å². The quantitative estimate of drug-likeness (QED) is 0.224. The average molecular weight is 603 g/mol. The third kappa shape index (κ3) is 6.89. The Hall–Kier alpha value is -5.02. The van der Waals surface area contributed by atoms with Crippen LogP contribution in [0.2, 0.25) is 0 Å². The van der Waals surface area contributed by atoms with Crippen LogP contribution in [0.1, 0.15) is 47.8 Å². The lowest BCUT2D eigenvalue weighted by molar-refractivity contribution is -0.134. The molecular weight excluding hydrogens is 564 g/mol. The number of nitrogens with one attached hydrogen (secondary N) is 2. The number of hydrogen-bond donors (Lipinski definition) is 2. The van der Waals surface area contributed by atoms with Crippen molar-refractivity contribution >= 4 is 34.7 Å². The van der Waals surface area contributed by atoms with Gasteiger partial charge in [0.2, 0.25) is 5.91 Å². The molecule has 45 heavy (non-hydrogen) atoms. The van der Waals surface area contributed by atoms with E-state index in [1.165, 1.54) is 5.56 Å². The molecule has 0 atom stereocenters. The Kier molecular flexibility index (Phi) is 8.36. The molecule has 3 aromatic carbocycles. The molecule has 2 amide bonds. The summed E-state index contributed by atoms with van der Waals surface area (Å²) in [6.45, 7) is 10.9. The smallest absolute Gasteiger partial charge is 0.255 e. The Labute approximate surface area is 263 Å². The van der Waals surface area contributed by atoms with Crippen LogP contribution >= 0.6 is 0 Å². The molecule has 0 unspecified atom stereocenters. The lowest BCUT2D eigenvalue weighted by Crippen LogP contribution is -2.41. The fraction of sp³-hybridized carbons (Fsp3) is 0.278. The third-order valence-electron chi connectivity index (χ3n) is 8.10.